The number of nitrogens with zero attached hydrogens (tertiary/aromatic N) is 4. The van der Waals surface area contributed by atoms with Crippen LogP contribution in [-0.2, 0) is 6.54 Å². The van der Waals surface area contributed by atoms with E-state index in [9.17, 15) is 4.79 Å². The first-order valence-corrected chi connectivity index (χ1v) is 5.51. The molecule has 0 saturated carbocycles. The minimum Gasteiger partial charge on any atom is -0.477 e. The Morgan fingerprint density at radius 3 is 3.06 bits per heavy atom. The summed E-state index contributed by atoms with van der Waals surface area (Å²) in [5.41, 5.74) is -0.0119. The monoisotopic (exact) mass is 247 g/mol. The molecule has 0 fully saturated rings. The Balaban J connectivity index is 1.79. The molecule has 2 aromatic heterocycles. The number of hydrogen-bond acceptors (Lipinski definition) is 5. The molecule has 0 unspecified atom stereocenters. The molecular weight excluding hydrogens is 234 g/mol. The number of rotatable bonds is 6. The Morgan fingerprint density at radius 2 is 2.33 bits per heavy atom. The Hall–Kier alpha value is -2.44. The molecule has 2 heterocycles. The number of carboxylic acids is 1. The van der Waals surface area contributed by atoms with E-state index in [0.717, 1.165) is 13.0 Å². The van der Waals surface area contributed by atoms with Crippen molar-refractivity contribution in [1.29, 1.82) is 0 Å². The van der Waals surface area contributed by atoms with Crippen molar-refractivity contribution in [2.45, 2.75) is 13.0 Å². The highest BCUT2D eigenvalue weighted by atomic mass is 16.4. The topological polar surface area (TPSA) is 92.9 Å². The summed E-state index contributed by atoms with van der Waals surface area (Å²) in [7, 11) is 0. The molecule has 0 atom stereocenters. The van der Waals surface area contributed by atoms with Crippen LogP contribution in [0.4, 0.5) is 5.95 Å². The van der Waals surface area contributed by atoms with Gasteiger partial charge in [0.25, 0.3) is 0 Å². The summed E-state index contributed by atoms with van der Waals surface area (Å²) in [6, 6.07) is 1.36. The average Bonchev–Trinajstić information content (AvgIpc) is 2.88. The highest BCUT2D eigenvalue weighted by molar-refractivity contribution is 5.85. The van der Waals surface area contributed by atoms with Gasteiger partial charge in [-0.3, -0.25) is 0 Å². The van der Waals surface area contributed by atoms with Crippen molar-refractivity contribution >= 4 is 11.9 Å². The van der Waals surface area contributed by atoms with Crippen LogP contribution in [-0.4, -0.2) is 37.1 Å². The third-order valence-electron chi connectivity index (χ3n) is 2.31. The van der Waals surface area contributed by atoms with Crippen molar-refractivity contribution in [3.8, 4) is 0 Å². The highest BCUT2D eigenvalue weighted by Crippen LogP contribution is 2.01. The normalized spacial score (nSPS) is 10.2. The zero-order valence-electron chi connectivity index (χ0n) is 9.65. The van der Waals surface area contributed by atoms with E-state index in [1.807, 2.05) is 10.8 Å². The quantitative estimate of drug-likeness (QED) is 0.736. The first kappa shape index (κ1) is 12.0. The van der Waals surface area contributed by atoms with Gasteiger partial charge in [-0.25, -0.2) is 19.7 Å². The number of carboxylic acid groups (broad SMARTS) is 1. The number of imidazole rings is 1. The number of aryl methyl sites for hydroxylation is 1. The maximum Gasteiger partial charge on any atom is 0.354 e. The minimum atomic E-state index is -1.06. The number of anilines is 1. The fourth-order valence-corrected chi connectivity index (χ4v) is 1.44. The van der Waals surface area contributed by atoms with E-state index in [1.54, 1.807) is 12.5 Å². The molecule has 0 saturated heterocycles. The number of hydrogen-bond donors (Lipinski definition) is 2. The average molecular weight is 247 g/mol. The number of nitrogens with one attached hydrogen (secondary N) is 1. The van der Waals surface area contributed by atoms with E-state index < -0.39 is 5.97 Å². The maximum atomic E-state index is 10.7. The Labute approximate surface area is 104 Å². The summed E-state index contributed by atoms with van der Waals surface area (Å²) in [4.78, 5) is 22.5. The molecule has 18 heavy (non-hydrogen) atoms. The van der Waals surface area contributed by atoms with Gasteiger partial charge in [0.2, 0.25) is 5.95 Å². The van der Waals surface area contributed by atoms with E-state index in [1.165, 1.54) is 12.3 Å². The number of carbonyl (C=O) groups is 1. The van der Waals surface area contributed by atoms with Crippen LogP contribution in [0.5, 0.6) is 0 Å². The Morgan fingerprint density at radius 1 is 1.44 bits per heavy atom. The van der Waals surface area contributed by atoms with Crippen LogP contribution in [0.2, 0.25) is 0 Å². The second-order valence-corrected chi connectivity index (χ2v) is 3.65. The van der Waals surface area contributed by atoms with Gasteiger partial charge in [0.1, 0.15) is 0 Å². The molecule has 0 aliphatic rings. The highest BCUT2D eigenvalue weighted by Gasteiger charge is 2.05. The predicted molar refractivity (Wildman–Crippen MR) is 64.3 cm³/mol. The smallest absolute Gasteiger partial charge is 0.354 e. The predicted octanol–water partition coefficient (Wildman–Crippen LogP) is 0.873. The van der Waals surface area contributed by atoms with Crippen molar-refractivity contribution in [2.75, 3.05) is 11.9 Å². The molecule has 0 radical (unpaired) electrons. The van der Waals surface area contributed by atoms with Gasteiger partial charge in [0.05, 0.1) is 6.33 Å². The van der Waals surface area contributed by atoms with Crippen LogP contribution in [0.15, 0.2) is 31.0 Å². The first-order chi connectivity index (χ1) is 8.75. The van der Waals surface area contributed by atoms with Crippen LogP contribution in [0.3, 0.4) is 0 Å². The molecule has 0 spiro atoms. The molecule has 2 rings (SSSR count). The second-order valence-electron chi connectivity index (χ2n) is 3.65. The summed E-state index contributed by atoms with van der Waals surface area (Å²) in [5.74, 6) is -0.723. The van der Waals surface area contributed by atoms with E-state index >= 15 is 0 Å². The summed E-state index contributed by atoms with van der Waals surface area (Å²) in [6.07, 6.45) is 7.67. The maximum absolute atomic E-state index is 10.7. The lowest BCUT2D eigenvalue weighted by Crippen LogP contribution is -2.10. The SMILES string of the molecule is O=C(O)c1ccnc(NCCCn2ccnc2)n1. The van der Waals surface area contributed by atoms with Gasteiger partial charge in [-0.1, -0.05) is 0 Å². The van der Waals surface area contributed by atoms with Crippen molar-refractivity contribution in [3.63, 3.8) is 0 Å². The summed E-state index contributed by atoms with van der Waals surface area (Å²) in [5, 5.41) is 11.8. The van der Waals surface area contributed by atoms with Gasteiger partial charge >= 0.3 is 5.97 Å². The molecule has 94 valence electrons. The molecule has 0 aromatic carbocycles. The van der Waals surface area contributed by atoms with Crippen LogP contribution >= 0.6 is 0 Å². The van der Waals surface area contributed by atoms with Crippen LogP contribution in [0.25, 0.3) is 0 Å². The van der Waals surface area contributed by atoms with Crippen LogP contribution in [0, 0.1) is 0 Å². The van der Waals surface area contributed by atoms with Crippen molar-refractivity contribution < 1.29 is 9.90 Å². The third-order valence-corrected chi connectivity index (χ3v) is 2.31. The van der Waals surface area contributed by atoms with E-state index in [-0.39, 0.29) is 5.69 Å². The van der Waals surface area contributed by atoms with E-state index in [4.69, 9.17) is 5.11 Å². The number of aromatic nitrogens is 4. The first-order valence-electron chi connectivity index (χ1n) is 5.51. The molecule has 0 bridgehead atoms. The van der Waals surface area contributed by atoms with Gasteiger partial charge < -0.3 is 15.0 Å². The molecule has 2 N–H and O–H groups in total. The van der Waals surface area contributed by atoms with Crippen molar-refractivity contribution in [2.24, 2.45) is 0 Å². The van der Waals surface area contributed by atoms with Gasteiger partial charge in [0.15, 0.2) is 5.69 Å². The van der Waals surface area contributed by atoms with E-state index in [0.29, 0.717) is 12.5 Å². The molecule has 7 nitrogen and oxygen atoms in total. The summed E-state index contributed by atoms with van der Waals surface area (Å²) in [6.45, 7) is 1.51. The molecular formula is C11H13N5O2. The summed E-state index contributed by atoms with van der Waals surface area (Å²) < 4.78 is 1.97. The summed E-state index contributed by atoms with van der Waals surface area (Å²) >= 11 is 0. The third kappa shape index (κ3) is 3.27. The lowest BCUT2D eigenvalue weighted by molar-refractivity contribution is 0.0690. The Kier molecular flexibility index (Phi) is 3.85. The van der Waals surface area contributed by atoms with Gasteiger partial charge in [-0.2, -0.15) is 0 Å². The molecule has 0 amide bonds. The second kappa shape index (κ2) is 5.76. The molecule has 0 aliphatic heterocycles. The van der Waals surface area contributed by atoms with Gasteiger partial charge in [-0.05, 0) is 12.5 Å². The van der Waals surface area contributed by atoms with Gasteiger partial charge in [-0.15, -0.1) is 0 Å². The van der Waals surface area contributed by atoms with Crippen molar-refractivity contribution in [1.82, 2.24) is 19.5 Å². The lowest BCUT2D eigenvalue weighted by Gasteiger charge is -2.05. The lowest BCUT2D eigenvalue weighted by atomic mass is 10.4. The minimum absolute atomic E-state index is 0.0119. The van der Waals surface area contributed by atoms with Gasteiger partial charge in [0, 0.05) is 31.7 Å². The van der Waals surface area contributed by atoms with Crippen LogP contribution < -0.4 is 5.32 Å². The Bertz CT molecular complexity index is 512. The largest absolute Gasteiger partial charge is 0.477 e. The number of aromatic carboxylic acids is 1. The molecule has 2 aromatic rings. The molecule has 7 heteroatoms. The fraction of sp³-hybridized carbons (Fsp3) is 0.273. The van der Waals surface area contributed by atoms with E-state index in [2.05, 4.69) is 20.3 Å². The fourth-order valence-electron chi connectivity index (χ4n) is 1.44. The zero-order valence-corrected chi connectivity index (χ0v) is 9.65. The van der Waals surface area contributed by atoms with Crippen LogP contribution in [0.1, 0.15) is 16.9 Å². The standard InChI is InChI=1S/C11H13N5O2/c17-10(18)9-2-4-14-11(15-9)13-3-1-6-16-7-5-12-8-16/h2,4-5,7-8H,1,3,6H2,(H,17,18)(H,13,14,15). The molecule has 0 aliphatic carbocycles. The van der Waals surface area contributed by atoms with Crippen molar-refractivity contribution in [3.05, 3.63) is 36.7 Å². The zero-order chi connectivity index (χ0) is 12.8.